The van der Waals surface area contributed by atoms with E-state index in [1.165, 1.54) is 6.20 Å². The van der Waals surface area contributed by atoms with Crippen LogP contribution in [-0.4, -0.2) is 40.3 Å². The summed E-state index contributed by atoms with van der Waals surface area (Å²) >= 11 is 0. The van der Waals surface area contributed by atoms with Crippen molar-refractivity contribution in [3.05, 3.63) is 82.0 Å². The van der Waals surface area contributed by atoms with Crippen LogP contribution in [0.5, 0.6) is 5.75 Å². The van der Waals surface area contributed by atoms with Gasteiger partial charge in [0.1, 0.15) is 17.9 Å². The molecule has 0 bridgehead atoms. The summed E-state index contributed by atoms with van der Waals surface area (Å²) in [5, 5.41) is 23.3. The first kappa shape index (κ1) is 20.8. The van der Waals surface area contributed by atoms with Crippen molar-refractivity contribution in [2.24, 2.45) is 5.18 Å². The van der Waals surface area contributed by atoms with Crippen molar-refractivity contribution in [3.63, 3.8) is 0 Å². The van der Waals surface area contributed by atoms with E-state index in [9.17, 15) is 19.9 Å². The second-order valence-corrected chi connectivity index (χ2v) is 7.73. The number of allylic oxidation sites excluding steroid dienone is 1. The third-order valence-corrected chi connectivity index (χ3v) is 5.91. The lowest BCUT2D eigenvalue weighted by molar-refractivity contribution is -0.133. The number of aliphatic carboxylic acids is 1. The van der Waals surface area contributed by atoms with E-state index in [-0.39, 0.29) is 5.57 Å². The lowest BCUT2D eigenvalue weighted by Crippen LogP contribution is -2.38. The highest BCUT2D eigenvalue weighted by Gasteiger charge is 2.38. The maximum Gasteiger partial charge on any atom is 0.336 e. The fourth-order valence-electron chi connectivity index (χ4n) is 4.38. The highest BCUT2D eigenvalue weighted by atomic mass is 16.5. The summed E-state index contributed by atoms with van der Waals surface area (Å²) in [4.78, 5) is 24.9. The normalized spacial score (nSPS) is 20.7. The molecule has 0 spiro atoms. The number of para-hydroxylation sites is 1. The Labute approximate surface area is 180 Å². The van der Waals surface area contributed by atoms with Gasteiger partial charge in [0.2, 0.25) is 0 Å². The van der Waals surface area contributed by atoms with E-state index in [0.29, 0.717) is 25.0 Å². The molecule has 2 aromatic rings. The summed E-state index contributed by atoms with van der Waals surface area (Å²) in [7, 11) is 1.64. The Hall–Kier alpha value is -3.45. The van der Waals surface area contributed by atoms with E-state index in [4.69, 9.17) is 4.74 Å². The summed E-state index contributed by atoms with van der Waals surface area (Å²) < 4.78 is 5.44. The van der Waals surface area contributed by atoms with Gasteiger partial charge in [0, 0.05) is 29.6 Å². The van der Waals surface area contributed by atoms with Crippen molar-refractivity contribution < 1.29 is 19.7 Å². The third kappa shape index (κ3) is 3.96. The van der Waals surface area contributed by atoms with Gasteiger partial charge in [0.15, 0.2) is 0 Å². The van der Waals surface area contributed by atoms with Gasteiger partial charge in [-0.1, -0.05) is 47.6 Å². The molecule has 1 heterocycles. The molecule has 2 aromatic carbocycles. The van der Waals surface area contributed by atoms with E-state index in [0.717, 1.165) is 34.6 Å². The fraction of sp³-hybridized carbons (Fsp3) is 0.292. The third-order valence-electron chi connectivity index (χ3n) is 5.91. The minimum Gasteiger partial charge on any atom is -0.496 e. The number of nitrogens with zero attached hydrogens (tertiary/aromatic N) is 2. The van der Waals surface area contributed by atoms with Crippen LogP contribution in [0.4, 0.5) is 0 Å². The Kier molecular flexibility index (Phi) is 5.86. The van der Waals surface area contributed by atoms with Crippen LogP contribution in [0.3, 0.4) is 0 Å². The number of hydrogen-bond donors (Lipinski definition) is 2. The molecule has 2 unspecified atom stereocenters. The molecule has 0 fully saturated rings. The molecule has 2 atom stereocenters. The molecule has 0 saturated carbocycles. The molecule has 2 aliphatic rings. The van der Waals surface area contributed by atoms with Crippen LogP contribution in [0.1, 0.15) is 24.8 Å². The molecule has 31 heavy (non-hydrogen) atoms. The average Bonchev–Trinajstić information content (AvgIpc) is 2.80. The van der Waals surface area contributed by atoms with Gasteiger partial charge in [-0.05, 0) is 36.5 Å². The number of ether oxygens (including phenoxy) is 1. The summed E-state index contributed by atoms with van der Waals surface area (Å²) in [6, 6.07) is 15.1. The molecule has 1 aliphatic carbocycles. The average molecular weight is 420 g/mol. The van der Waals surface area contributed by atoms with Gasteiger partial charge in [-0.25, -0.2) is 4.79 Å². The predicted octanol–water partition coefficient (Wildman–Crippen LogP) is 4.08. The molecule has 7 heteroatoms. The summed E-state index contributed by atoms with van der Waals surface area (Å²) in [5.41, 5.74) is 4.06. The van der Waals surface area contributed by atoms with Gasteiger partial charge in [0.05, 0.1) is 12.7 Å². The minimum absolute atomic E-state index is 0.139. The van der Waals surface area contributed by atoms with Crippen LogP contribution < -0.4 is 4.74 Å². The quantitative estimate of drug-likeness (QED) is 0.683. The molecule has 0 radical (unpaired) electrons. The lowest BCUT2D eigenvalue weighted by Gasteiger charge is -2.38. The first-order valence-corrected chi connectivity index (χ1v) is 10.2. The molecular weight excluding hydrogens is 396 g/mol. The number of carboxylic acid groups (broad SMARTS) is 1. The zero-order valence-corrected chi connectivity index (χ0v) is 17.2. The van der Waals surface area contributed by atoms with Crippen LogP contribution in [0.15, 0.2) is 76.8 Å². The number of rotatable bonds is 6. The number of hydrogen-bond acceptors (Lipinski definition) is 6. The first-order valence-electron chi connectivity index (χ1n) is 10.2. The summed E-state index contributed by atoms with van der Waals surface area (Å²) in [6.07, 6.45) is 2.13. The molecule has 7 nitrogen and oxygen atoms in total. The smallest absolute Gasteiger partial charge is 0.336 e. The number of carbonyl (C=O) groups is 1. The van der Waals surface area contributed by atoms with Gasteiger partial charge in [-0.2, -0.15) is 4.91 Å². The Morgan fingerprint density at radius 1 is 1.19 bits per heavy atom. The predicted molar refractivity (Wildman–Crippen MR) is 116 cm³/mol. The SMILES string of the molecule is COc1ccccc1-c1ccc(CN2C=C(C(=O)O)C(O)C3=C2CCCC3N=O)cc1. The van der Waals surface area contributed by atoms with E-state index in [1.54, 1.807) is 7.11 Å². The highest BCUT2D eigenvalue weighted by molar-refractivity contribution is 5.89. The zero-order chi connectivity index (χ0) is 22.0. The largest absolute Gasteiger partial charge is 0.496 e. The molecular formula is C24H24N2O5. The van der Waals surface area contributed by atoms with E-state index in [1.807, 2.05) is 53.4 Å². The number of nitroso groups, excluding NO2 is 1. The topological polar surface area (TPSA) is 99.4 Å². The standard InChI is InChI=1S/C24H24N2O5/c1-31-21-8-3-2-5-17(21)16-11-9-15(10-12-16)13-26-14-18(24(28)29)23(27)22-19(25-30)6-4-7-20(22)26/h2-3,5,8-12,14,19,23,27H,4,6-7,13H2,1H3,(H,28,29). The zero-order valence-electron chi connectivity index (χ0n) is 17.2. The number of aliphatic hydroxyl groups is 1. The minimum atomic E-state index is -1.31. The number of aliphatic hydroxyl groups excluding tert-OH is 1. The number of carboxylic acids is 1. The molecule has 4 rings (SSSR count). The van der Waals surface area contributed by atoms with Crippen molar-refractivity contribution in [2.45, 2.75) is 38.0 Å². The molecule has 1 aliphatic heterocycles. The Balaban J connectivity index is 1.65. The van der Waals surface area contributed by atoms with E-state index in [2.05, 4.69) is 5.18 Å². The van der Waals surface area contributed by atoms with Gasteiger partial charge in [-0.15, -0.1) is 0 Å². The molecule has 0 saturated heterocycles. The van der Waals surface area contributed by atoms with Gasteiger partial charge in [-0.3, -0.25) is 0 Å². The fourth-order valence-corrected chi connectivity index (χ4v) is 4.38. The second-order valence-electron chi connectivity index (χ2n) is 7.73. The highest BCUT2D eigenvalue weighted by Crippen LogP contribution is 2.38. The lowest BCUT2D eigenvalue weighted by atomic mass is 9.83. The Morgan fingerprint density at radius 2 is 1.94 bits per heavy atom. The van der Waals surface area contributed by atoms with E-state index < -0.39 is 18.1 Å². The maximum absolute atomic E-state index is 11.7. The molecule has 0 amide bonds. The van der Waals surface area contributed by atoms with Gasteiger partial charge >= 0.3 is 5.97 Å². The Bertz CT molecular complexity index is 1060. The van der Waals surface area contributed by atoms with Gasteiger partial charge < -0.3 is 19.8 Å². The first-order chi connectivity index (χ1) is 15.0. The van der Waals surface area contributed by atoms with E-state index >= 15 is 0 Å². The second kappa shape index (κ2) is 8.73. The molecule has 2 N–H and O–H groups in total. The maximum atomic E-state index is 11.7. The Morgan fingerprint density at radius 3 is 2.61 bits per heavy atom. The van der Waals surface area contributed by atoms with Gasteiger partial charge in [0.25, 0.3) is 0 Å². The summed E-state index contributed by atoms with van der Waals surface area (Å²) in [5.74, 6) is -0.412. The van der Waals surface area contributed by atoms with Crippen LogP contribution >= 0.6 is 0 Å². The molecule has 0 aromatic heterocycles. The molecule has 160 valence electrons. The van der Waals surface area contributed by atoms with Crippen molar-refractivity contribution in [3.8, 4) is 16.9 Å². The van der Waals surface area contributed by atoms with Crippen LogP contribution in [-0.2, 0) is 11.3 Å². The number of benzene rings is 2. The van der Waals surface area contributed by atoms with Crippen LogP contribution in [0.2, 0.25) is 0 Å². The van der Waals surface area contributed by atoms with Crippen LogP contribution in [0, 0.1) is 4.91 Å². The van der Waals surface area contributed by atoms with Crippen molar-refractivity contribution in [1.29, 1.82) is 0 Å². The summed E-state index contributed by atoms with van der Waals surface area (Å²) in [6.45, 7) is 0.431. The monoisotopic (exact) mass is 420 g/mol. The number of methoxy groups -OCH3 is 1. The van der Waals surface area contributed by atoms with Crippen LogP contribution in [0.25, 0.3) is 11.1 Å². The van der Waals surface area contributed by atoms with Crippen molar-refractivity contribution in [2.75, 3.05) is 7.11 Å². The van der Waals surface area contributed by atoms with Crippen molar-refractivity contribution >= 4 is 5.97 Å². The van der Waals surface area contributed by atoms with Crippen molar-refractivity contribution in [1.82, 2.24) is 4.90 Å².